The molecule has 1 heterocycles. The van der Waals surface area contributed by atoms with E-state index in [9.17, 15) is 37.4 Å². The first kappa shape index (κ1) is 28.3. The molecular weight excluding hydrogens is 544 g/mol. The lowest BCUT2D eigenvalue weighted by Gasteiger charge is -2.40. The van der Waals surface area contributed by atoms with Gasteiger partial charge in [0.05, 0.1) is 24.1 Å². The zero-order chi connectivity index (χ0) is 29.3. The monoisotopic (exact) mass is 570 g/mol. The maximum absolute atomic E-state index is 14.7. The fraction of sp³-hybridized carbons (Fsp3) is 0.267. The largest absolute Gasteiger partial charge is 0.486 e. The van der Waals surface area contributed by atoms with Crippen LogP contribution in [0.1, 0.15) is 33.0 Å². The highest BCUT2D eigenvalue weighted by atomic mass is 19.4. The molecule has 3 N–H and O–H groups in total. The van der Waals surface area contributed by atoms with Gasteiger partial charge in [-0.3, -0.25) is 9.59 Å². The van der Waals surface area contributed by atoms with Crippen LogP contribution < -0.4 is 10.1 Å². The summed E-state index contributed by atoms with van der Waals surface area (Å²) in [5, 5.41) is 23.4. The lowest BCUT2D eigenvalue weighted by molar-refractivity contribution is -0.137. The molecule has 5 rings (SSSR count). The van der Waals surface area contributed by atoms with Crippen molar-refractivity contribution in [2.45, 2.75) is 36.9 Å². The van der Waals surface area contributed by atoms with Crippen molar-refractivity contribution in [2.24, 2.45) is 0 Å². The van der Waals surface area contributed by atoms with Crippen molar-refractivity contribution < 1.29 is 42.1 Å². The Labute approximate surface area is 232 Å². The minimum absolute atomic E-state index is 0.0489. The first-order valence-corrected chi connectivity index (χ1v) is 12.9. The normalized spacial score (nSPS) is 21.3. The van der Waals surface area contributed by atoms with E-state index < -0.39 is 53.5 Å². The summed E-state index contributed by atoms with van der Waals surface area (Å²) in [7, 11) is 0. The highest BCUT2D eigenvalue weighted by molar-refractivity contribution is 5.97. The molecule has 214 valence electrons. The Kier molecular flexibility index (Phi) is 7.83. The van der Waals surface area contributed by atoms with E-state index in [2.05, 4.69) is 5.32 Å². The number of amides is 2. The molecule has 0 aromatic heterocycles. The van der Waals surface area contributed by atoms with E-state index in [0.29, 0.717) is 11.3 Å². The summed E-state index contributed by atoms with van der Waals surface area (Å²) in [4.78, 5) is 28.2. The second-order valence-electron chi connectivity index (χ2n) is 9.78. The van der Waals surface area contributed by atoms with Gasteiger partial charge in [-0.15, -0.1) is 0 Å². The van der Waals surface area contributed by atoms with Gasteiger partial charge < -0.3 is 25.2 Å². The maximum Gasteiger partial charge on any atom is 0.416 e. The highest BCUT2D eigenvalue weighted by Crippen LogP contribution is 2.47. The first-order valence-electron chi connectivity index (χ1n) is 12.9. The van der Waals surface area contributed by atoms with Crippen molar-refractivity contribution in [3.8, 4) is 5.75 Å². The molecule has 0 spiro atoms. The number of carbonyl (C=O) groups is 2. The molecule has 4 unspecified atom stereocenters. The van der Waals surface area contributed by atoms with E-state index in [1.54, 1.807) is 30.3 Å². The number of halogens is 4. The van der Waals surface area contributed by atoms with Gasteiger partial charge in [0, 0.05) is 35.4 Å². The molecule has 1 aliphatic heterocycles. The zero-order valence-corrected chi connectivity index (χ0v) is 21.5. The van der Waals surface area contributed by atoms with Gasteiger partial charge in [-0.25, -0.2) is 4.39 Å². The fourth-order valence-electron chi connectivity index (χ4n) is 5.28. The molecule has 3 aromatic rings. The standard InChI is InChI=1S/C30H26F4N2O5/c31-22-7-3-1-5-18(22)16-36(29(40)17-9-11-19(12-10-17)30(32,33)34)23-15-21(28(39)35-13-14-37)25-20-6-2-4-8-24(20)41-27(25)26(23)38/h1-12,15,23,25-27,37-38H,13-14,16H2,(H,35,39). The van der Waals surface area contributed by atoms with Crippen LogP contribution in [-0.2, 0) is 17.5 Å². The molecule has 41 heavy (non-hydrogen) atoms. The van der Waals surface area contributed by atoms with Gasteiger partial charge in [0.2, 0.25) is 5.91 Å². The molecular formula is C30H26F4N2O5. The van der Waals surface area contributed by atoms with Crippen LogP contribution in [0.25, 0.3) is 0 Å². The summed E-state index contributed by atoms with van der Waals surface area (Å²) in [6, 6.07) is 14.9. The summed E-state index contributed by atoms with van der Waals surface area (Å²) < 4.78 is 60.3. The number of alkyl halides is 3. The van der Waals surface area contributed by atoms with Crippen LogP contribution in [0.3, 0.4) is 0 Å². The Morgan fingerprint density at radius 2 is 1.66 bits per heavy atom. The molecule has 0 fully saturated rings. The van der Waals surface area contributed by atoms with E-state index in [1.165, 1.54) is 24.3 Å². The Balaban J connectivity index is 1.59. The first-order chi connectivity index (χ1) is 19.6. The van der Waals surface area contributed by atoms with Gasteiger partial charge in [0.15, 0.2) is 0 Å². The molecule has 1 aliphatic carbocycles. The van der Waals surface area contributed by atoms with Gasteiger partial charge in [0.25, 0.3) is 5.91 Å². The van der Waals surface area contributed by atoms with Gasteiger partial charge >= 0.3 is 6.18 Å². The number of rotatable bonds is 7. The summed E-state index contributed by atoms with van der Waals surface area (Å²) >= 11 is 0. The summed E-state index contributed by atoms with van der Waals surface area (Å²) in [6.07, 6.45) is -5.60. The molecule has 0 bridgehead atoms. The van der Waals surface area contributed by atoms with Crippen LogP contribution in [0.4, 0.5) is 17.6 Å². The minimum Gasteiger partial charge on any atom is -0.486 e. The van der Waals surface area contributed by atoms with Crippen LogP contribution in [0.15, 0.2) is 84.4 Å². The summed E-state index contributed by atoms with van der Waals surface area (Å²) in [6.45, 7) is -0.731. The van der Waals surface area contributed by atoms with Crippen LogP contribution in [0.2, 0.25) is 0 Å². The summed E-state index contributed by atoms with van der Waals surface area (Å²) in [5.74, 6) is -2.23. The zero-order valence-electron chi connectivity index (χ0n) is 21.5. The van der Waals surface area contributed by atoms with Crippen LogP contribution in [0, 0.1) is 5.82 Å². The third kappa shape index (κ3) is 5.55. The number of ether oxygens (including phenoxy) is 1. The Morgan fingerprint density at radius 3 is 2.34 bits per heavy atom. The van der Waals surface area contributed by atoms with Crippen molar-refractivity contribution in [3.05, 3.63) is 113 Å². The van der Waals surface area contributed by atoms with E-state index in [0.717, 1.165) is 29.2 Å². The second-order valence-corrected chi connectivity index (χ2v) is 9.78. The predicted molar refractivity (Wildman–Crippen MR) is 139 cm³/mol. The van der Waals surface area contributed by atoms with Crippen molar-refractivity contribution in [1.82, 2.24) is 10.2 Å². The molecule has 7 nitrogen and oxygen atoms in total. The third-order valence-corrected chi connectivity index (χ3v) is 7.26. The Morgan fingerprint density at radius 1 is 0.976 bits per heavy atom. The number of aliphatic hydroxyl groups is 2. The fourth-order valence-corrected chi connectivity index (χ4v) is 5.28. The number of nitrogens with zero attached hydrogens (tertiary/aromatic N) is 1. The molecule has 2 amide bonds. The summed E-state index contributed by atoms with van der Waals surface area (Å²) in [5.41, 5.74) is -0.163. The average molecular weight is 571 g/mol. The molecule has 0 saturated carbocycles. The van der Waals surface area contributed by atoms with E-state index in [-0.39, 0.29) is 36.4 Å². The van der Waals surface area contributed by atoms with Crippen LogP contribution in [-0.4, -0.2) is 58.3 Å². The van der Waals surface area contributed by atoms with Gasteiger partial charge in [0.1, 0.15) is 23.8 Å². The number of hydrogen-bond acceptors (Lipinski definition) is 5. The SMILES string of the molecule is O=C(NCCO)C1=CC(N(Cc2ccccc2F)C(=O)c2ccc(C(F)(F)F)cc2)C(O)C2Oc3ccccc3C12. The van der Waals surface area contributed by atoms with Gasteiger partial charge in [-0.2, -0.15) is 13.2 Å². The molecule has 3 aromatic carbocycles. The molecule has 11 heteroatoms. The average Bonchev–Trinajstić information content (AvgIpc) is 3.36. The number of aliphatic hydroxyl groups excluding tert-OH is 2. The lowest BCUT2D eigenvalue weighted by Crippen LogP contribution is -2.55. The lowest BCUT2D eigenvalue weighted by atomic mass is 9.77. The number of para-hydroxylation sites is 1. The van der Waals surface area contributed by atoms with Crippen molar-refractivity contribution in [3.63, 3.8) is 0 Å². The smallest absolute Gasteiger partial charge is 0.416 e. The number of fused-ring (bicyclic) bond motifs is 3. The van der Waals surface area contributed by atoms with Crippen LogP contribution >= 0.6 is 0 Å². The van der Waals surface area contributed by atoms with Crippen molar-refractivity contribution >= 4 is 11.8 Å². The number of hydrogen-bond donors (Lipinski definition) is 3. The minimum atomic E-state index is -4.61. The topological polar surface area (TPSA) is 99.1 Å². The van der Waals surface area contributed by atoms with Gasteiger partial charge in [-0.1, -0.05) is 36.4 Å². The highest BCUT2D eigenvalue weighted by Gasteiger charge is 2.50. The third-order valence-electron chi connectivity index (χ3n) is 7.26. The Bertz CT molecular complexity index is 1470. The quantitative estimate of drug-likeness (QED) is 0.376. The van der Waals surface area contributed by atoms with Crippen molar-refractivity contribution in [1.29, 1.82) is 0 Å². The van der Waals surface area contributed by atoms with Crippen molar-refractivity contribution in [2.75, 3.05) is 13.2 Å². The van der Waals surface area contributed by atoms with Gasteiger partial charge in [-0.05, 0) is 42.5 Å². The van der Waals surface area contributed by atoms with Crippen LogP contribution in [0.5, 0.6) is 5.75 Å². The predicted octanol–water partition coefficient (Wildman–Crippen LogP) is 3.81. The maximum atomic E-state index is 14.7. The number of nitrogens with one attached hydrogen (secondary N) is 1. The molecule has 0 radical (unpaired) electrons. The Hall–Kier alpha value is -4.22. The number of benzene rings is 3. The number of carbonyl (C=O) groups excluding carboxylic acids is 2. The molecule has 2 aliphatic rings. The van der Waals surface area contributed by atoms with E-state index in [4.69, 9.17) is 4.74 Å². The van der Waals surface area contributed by atoms with E-state index in [1.807, 2.05) is 0 Å². The second kappa shape index (κ2) is 11.3. The molecule has 4 atom stereocenters. The van der Waals surface area contributed by atoms with E-state index >= 15 is 0 Å². The molecule has 0 saturated heterocycles.